The van der Waals surface area contributed by atoms with E-state index >= 15 is 0 Å². The molecule has 0 aliphatic heterocycles. The molecular weight excluding hydrogens is 268 g/mol. The summed E-state index contributed by atoms with van der Waals surface area (Å²) in [5.41, 5.74) is 1.11. The Hall–Kier alpha value is -2.63. The Kier molecular flexibility index (Phi) is 3.01. The van der Waals surface area contributed by atoms with E-state index in [9.17, 15) is 9.59 Å². The van der Waals surface area contributed by atoms with Crippen LogP contribution >= 0.6 is 0 Å². The van der Waals surface area contributed by atoms with E-state index in [1.807, 2.05) is 37.3 Å². The van der Waals surface area contributed by atoms with E-state index < -0.39 is 0 Å². The third-order valence-electron chi connectivity index (χ3n) is 3.82. The normalized spacial score (nSPS) is 12.7. The topological polar surface area (TPSA) is 72.7 Å². The molecule has 0 aliphatic rings. The number of aryl methyl sites for hydroxylation is 1. The molecule has 1 atom stereocenters. The summed E-state index contributed by atoms with van der Waals surface area (Å²) in [5.74, 6) is 0.688. The zero-order valence-corrected chi connectivity index (χ0v) is 12.1. The molecule has 1 unspecified atom stereocenters. The first kappa shape index (κ1) is 13.4. The molecule has 108 valence electrons. The average Bonchev–Trinajstić information content (AvgIpc) is 2.96. The molecule has 0 amide bonds. The van der Waals surface area contributed by atoms with Crippen molar-refractivity contribution in [2.24, 2.45) is 14.1 Å². The molecule has 0 aliphatic carbocycles. The zero-order valence-electron chi connectivity index (χ0n) is 12.1. The van der Waals surface area contributed by atoms with Crippen LogP contribution in [0.25, 0.3) is 11.2 Å². The minimum atomic E-state index is -0.377. The summed E-state index contributed by atoms with van der Waals surface area (Å²) >= 11 is 0. The summed E-state index contributed by atoms with van der Waals surface area (Å²) in [6, 6.07) is 9.89. The van der Waals surface area contributed by atoms with Crippen molar-refractivity contribution >= 4 is 11.2 Å². The predicted molar refractivity (Wildman–Crippen MR) is 80.5 cm³/mol. The quantitative estimate of drug-likeness (QED) is 0.766. The van der Waals surface area contributed by atoms with Gasteiger partial charge in [0.1, 0.15) is 11.3 Å². The van der Waals surface area contributed by atoms with Gasteiger partial charge in [0, 0.05) is 20.0 Å². The zero-order chi connectivity index (χ0) is 15.1. The fourth-order valence-electron chi connectivity index (χ4n) is 2.45. The van der Waals surface area contributed by atoms with Crippen LogP contribution < -0.4 is 11.2 Å². The lowest BCUT2D eigenvalue weighted by Crippen LogP contribution is -2.36. The lowest BCUT2D eigenvalue weighted by molar-refractivity contribution is 0.708. The first-order valence-corrected chi connectivity index (χ1v) is 6.71. The molecule has 0 saturated carbocycles. The number of hydrogen-bond donors (Lipinski definition) is 1. The smallest absolute Gasteiger partial charge is 0.332 e. The van der Waals surface area contributed by atoms with Crippen LogP contribution in [-0.2, 0) is 14.1 Å². The maximum absolute atomic E-state index is 12.2. The third-order valence-corrected chi connectivity index (χ3v) is 3.82. The SMILES string of the molecule is CC(c1ccccc1)c1nc2c([nH]1)c(=O)n(C)c(=O)n2C. The lowest BCUT2D eigenvalue weighted by atomic mass is 10.0. The highest BCUT2D eigenvalue weighted by molar-refractivity contribution is 5.70. The van der Waals surface area contributed by atoms with Crippen molar-refractivity contribution in [3.05, 3.63) is 62.6 Å². The first-order chi connectivity index (χ1) is 10.0. The summed E-state index contributed by atoms with van der Waals surface area (Å²) in [5, 5.41) is 0. The van der Waals surface area contributed by atoms with Gasteiger partial charge in [-0.05, 0) is 5.56 Å². The fourth-order valence-corrected chi connectivity index (χ4v) is 2.45. The number of aromatic nitrogens is 4. The van der Waals surface area contributed by atoms with Gasteiger partial charge in [-0.15, -0.1) is 0 Å². The van der Waals surface area contributed by atoms with Crippen molar-refractivity contribution in [1.82, 2.24) is 19.1 Å². The summed E-state index contributed by atoms with van der Waals surface area (Å²) < 4.78 is 2.46. The van der Waals surface area contributed by atoms with Gasteiger partial charge in [0.05, 0.1) is 0 Å². The number of H-pyrrole nitrogens is 1. The molecular formula is C15H16N4O2. The van der Waals surface area contributed by atoms with Gasteiger partial charge in [-0.1, -0.05) is 37.3 Å². The number of nitrogens with zero attached hydrogens (tertiary/aromatic N) is 3. The number of fused-ring (bicyclic) bond motifs is 1. The highest BCUT2D eigenvalue weighted by atomic mass is 16.2. The molecule has 0 bridgehead atoms. The standard InChI is InChI=1S/C15H16N4O2/c1-9(10-7-5-4-6-8-10)12-16-11-13(17-12)18(2)15(21)19(3)14(11)20/h4-9H,1-3H3,(H,16,17). The van der Waals surface area contributed by atoms with E-state index in [1.165, 1.54) is 11.6 Å². The van der Waals surface area contributed by atoms with E-state index in [4.69, 9.17) is 0 Å². The van der Waals surface area contributed by atoms with Gasteiger partial charge < -0.3 is 4.98 Å². The Balaban J connectivity index is 2.23. The monoisotopic (exact) mass is 284 g/mol. The molecule has 2 heterocycles. The summed E-state index contributed by atoms with van der Waals surface area (Å²) in [6.45, 7) is 2.01. The van der Waals surface area contributed by atoms with Gasteiger partial charge in [-0.2, -0.15) is 0 Å². The second-order valence-corrected chi connectivity index (χ2v) is 5.16. The van der Waals surface area contributed by atoms with E-state index in [-0.39, 0.29) is 17.2 Å². The van der Waals surface area contributed by atoms with E-state index in [2.05, 4.69) is 9.97 Å². The van der Waals surface area contributed by atoms with E-state index in [1.54, 1.807) is 7.05 Å². The van der Waals surface area contributed by atoms with Gasteiger partial charge >= 0.3 is 5.69 Å². The van der Waals surface area contributed by atoms with Crippen LogP contribution in [0.5, 0.6) is 0 Å². The first-order valence-electron chi connectivity index (χ1n) is 6.71. The summed E-state index contributed by atoms with van der Waals surface area (Å²) in [4.78, 5) is 31.6. The van der Waals surface area contributed by atoms with Crippen molar-refractivity contribution in [1.29, 1.82) is 0 Å². The van der Waals surface area contributed by atoms with Crippen LogP contribution in [-0.4, -0.2) is 19.1 Å². The van der Waals surface area contributed by atoms with Crippen molar-refractivity contribution in [3.8, 4) is 0 Å². The predicted octanol–water partition coefficient (Wildman–Crippen LogP) is 1.11. The third kappa shape index (κ3) is 1.99. The molecule has 0 fully saturated rings. The second kappa shape index (κ2) is 4.73. The van der Waals surface area contributed by atoms with Crippen LogP contribution in [0, 0.1) is 0 Å². The maximum atomic E-state index is 12.2. The second-order valence-electron chi connectivity index (χ2n) is 5.16. The van der Waals surface area contributed by atoms with Gasteiger partial charge in [0.25, 0.3) is 5.56 Å². The van der Waals surface area contributed by atoms with Crippen molar-refractivity contribution < 1.29 is 0 Å². The number of imidazole rings is 1. The summed E-state index contributed by atoms with van der Waals surface area (Å²) in [7, 11) is 3.08. The van der Waals surface area contributed by atoms with E-state index in [0.29, 0.717) is 17.0 Å². The molecule has 6 heteroatoms. The molecule has 1 N–H and O–H groups in total. The van der Waals surface area contributed by atoms with E-state index in [0.717, 1.165) is 10.1 Å². The van der Waals surface area contributed by atoms with Crippen molar-refractivity contribution in [2.75, 3.05) is 0 Å². The van der Waals surface area contributed by atoms with Crippen LogP contribution in [0.2, 0.25) is 0 Å². The molecule has 21 heavy (non-hydrogen) atoms. The van der Waals surface area contributed by atoms with Crippen LogP contribution in [0.3, 0.4) is 0 Å². The maximum Gasteiger partial charge on any atom is 0.332 e. The van der Waals surface area contributed by atoms with Crippen molar-refractivity contribution in [3.63, 3.8) is 0 Å². The Morgan fingerprint density at radius 1 is 1.10 bits per heavy atom. The molecule has 1 aromatic carbocycles. The highest BCUT2D eigenvalue weighted by Gasteiger charge is 2.17. The number of aromatic amines is 1. The van der Waals surface area contributed by atoms with Crippen LogP contribution in [0.15, 0.2) is 39.9 Å². The molecule has 3 aromatic rings. The molecule has 3 rings (SSSR count). The fraction of sp³-hybridized carbons (Fsp3) is 0.267. The number of nitrogens with one attached hydrogen (secondary N) is 1. The summed E-state index contributed by atoms with van der Waals surface area (Å²) in [6.07, 6.45) is 0. The average molecular weight is 284 g/mol. The molecule has 0 radical (unpaired) electrons. The molecule has 0 spiro atoms. The Labute approximate surface area is 120 Å². The van der Waals surface area contributed by atoms with Gasteiger partial charge in [-0.3, -0.25) is 13.9 Å². The Bertz CT molecular complexity index is 918. The molecule has 0 saturated heterocycles. The Morgan fingerprint density at radius 2 is 1.76 bits per heavy atom. The highest BCUT2D eigenvalue weighted by Crippen LogP contribution is 2.22. The molecule has 6 nitrogen and oxygen atoms in total. The number of rotatable bonds is 2. The number of benzene rings is 1. The van der Waals surface area contributed by atoms with Crippen molar-refractivity contribution in [2.45, 2.75) is 12.8 Å². The van der Waals surface area contributed by atoms with Crippen LogP contribution in [0.1, 0.15) is 24.2 Å². The lowest BCUT2D eigenvalue weighted by Gasteiger charge is -2.07. The largest absolute Gasteiger partial charge is 0.336 e. The van der Waals surface area contributed by atoms with Gasteiger partial charge in [0.2, 0.25) is 0 Å². The minimum absolute atomic E-state index is 0.0124. The molecule has 2 aromatic heterocycles. The van der Waals surface area contributed by atoms with Gasteiger partial charge in [0.15, 0.2) is 5.65 Å². The minimum Gasteiger partial charge on any atom is -0.336 e. The number of hydrogen-bond acceptors (Lipinski definition) is 3. The van der Waals surface area contributed by atoms with Crippen LogP contribution in [0.4, 0.5) is 0 Å². The Morgan fingerprint density at radius 3 is 2.43 bits per heavy atom. The van der Waals surface area contributed by atoms with Gasteiger partial charge in [-0.25, -0.2) is 9.78 Å².